The zero-order chi connectivity index (χ0) is 11.6. The second-order valence-electron chi connectivity index (χ2n) is 4.39. The van der Waals surface area contributed by atoms with Crippen molar-refractivity contribution in [1.29, 1.82) is 0 Å². The standard InChI is InChI=1S/C12H24N2OS/c1-16-9-5-3-2-4-7-14-12(15)11-6-8-13-10-11/h11,13H,2-10H2,1H3,(H,14,15). The monoisotopic (exact) mass is 244 g/mol. The van der Waals surface area contributed by atoms with E-state index in [1.165, 1.54) is 25.0 Å². The molecule has 2 N–H and O–H groups in total. The number of thioether (sulfide) groups is 1. The van der Waals surface area contributed by atoms with Gasteiger partial charge in [0.05, 0.1) is 5.92 Å². The van der Waals surface area contributed by atoms with Crippen molar-refractivity contribution in [2.75, 3.05) is 31.6 Å². The molecule has 0 radical (unpaired) electrons. The third-order valence-corrected chi connectivity index (χ3v) is 3.70. The maximum absolute atomic E-state index is 11.6. The first-order valence-corrected chi connectivity index (χ1v) is 7.71. The average Bonchev–Trinajstić information content (AvgIpc) is 2.81. The highest BCUT2D eigenvalue weighted by Crippen LogP contribution is 2.07. The van der Waals surface area contributed by atoms with Gasteiger partial charge in [0.15, 0.2) is 0 Å². The summed E-state index contributed by atoms with van der Waals surface area (Å²) in [6.45, 7) is 2.71. The lowest BCUT2D eigenvalue weighted by atomic mass is 10.1. The van der Waals surface area contributed by atoms with E-state index in [-0.39, 0.29) is 11.8 Å². The molecule has 1 atom stereocenters. The predicted octanol–water partition coefficient (Wildman–Crippen LogP) is 1.64. The van der Waals surface area contributed by atoms with Gasteiger partial charge >= 0.3 is 0 Å². The molecular formula is C12H24N2OS. The van der Waals surface area contributed by atoms with Crippen LogP contribution in [0.2, 0.25) is 0 Å². The molecule has 1 aliphatic heterocycles. The predicted molar refractivity (Wildman–Crippen MR) is 70.8 cm³/mol. The third-order valence-electron chi connectivity index (χ3n) is 3.01. The second-order valence-corrected chi connectivity index (χ2v) is 5.37. The first kappa shape index (κ1) is 13.8. The van der Waals surface area contributed by atoms with Crippen molar-refractivity contribution in [2.45, 2.75) is 32.1 Å². The van der Waals surface area contributed by atoms with Crippen LogP contribution in [0.5, 0.6) is 0 Å². The fraction of sp³-hybridized carbons (Fsp3) is 0.917. The van der Waals surface area contributed by atoms with Crippen molar-refractivity contribution >= 4 is 17.7 Å². The molecule has 1 rings (SSSR count). The van der Waals surface area contributed by atoms with Gasteiger partial charge in [0.1, 0.15) is 0 Å². The summed E-state index contributed by atoms with van der Waals surface area (Å²) < 4.78 is 0. The van der Waals surface area contributed by atoms with E-state index in [2.05, 4.69) is 16.9 Å². The van der Waals surface area contributed by atoms with Crippen LogP contribution in [0.3, 0.4) is 0 Å². The van der Waals surface area contributed by atoms with Crippen LogP contribution < -0.4 is 10.6 Å². The highest BCUT2D eigenvalue weighted by molar-refractivity contribution is 7.98. The first-order chi connectivity index (χ1) is 7.84. The highest BCUT2D eigenvalue weighted by Gasteiger charge is 2.21. The summed E-state index contributed by atoms with van der Waals surface area (Å²) in [5.74, 6) is 1.73. The van der Waals surface area contributed by atoms with E-state index in [9.17, 15) is 4.79 Å². The Morgan fingerprint density at radius 1 is 1.38 bits per heavy atom. The van der Waals surface area contributed by atoms with Gasteiger partial charge in [-0.1, -0.05) is 12.8 Å². The number of carbonyl (C=O) groups is 1. The highest BCUT2D eigenvalue weighted by atomic mass is 32.2. The SMILES string of the molecule is CSCCCCCCNC(=O)C1CCNC1. The topological polar surface area (TPSA) is 41.1 Å². The van der Waals surface area contributed by atoms with E-state index in [0.29, 0.717) is 0 Å². The molecule has 1 fully saturated rings. The molecule has 1 amide bonds. The molecule has 0 aromatic rings. The summed E-state index contributed by atoms with van der Waals surface area (Å²) in [6, 6.07) is 0. The molecule has 0 saturated carbocycles. The molecule has 4 heteroatoms. The lowest BCUT2D eigenvalue weighted by Crippen LogP contribution is -2.32. The van der Waals surface area contributed by atoms with E-state index >= 15 is 0 Å². The minimum Gasteiger partial charge on any atom is -0.356 e. The van der Waals surface area contributed by atoms with Crippen molar-refractivity contribution < 1.29 is 4.79 Å². The van der Waals surface area contributed by atoms with Gasteiger partial charge in [0, 0.05) is 13.1 Å². The van der Waals surface area contributed by atoms with Crippen LogP contribution in [-0.2, 0) is 4.79 Å². The lowest BCUT2D eigenvalue weighted by molar-refractivity contribution is -0.124. The number of rotatable bonds is 8. The normalized spacial score (nSPS) is 19.9. The number of carbonyl (C=O) groups excluding carboxylic acids is 1. The summed E-state index contributed by atoms with van der Waals surface area (Å²) in [5.41, 5.74) is 0. The molecule has 0 aromatic heterocycles. The quantitative estimate of drug-likeness (QED) is 0.638. The van der Waals surface area contributed by atoms with Crippen molar-refractivity contribution in [1.82, 2.24) is 10.6 Å². The third kappa shape index (κ3) is 5.75. The summed E-state index contributed by atoms with van der Waals surface area (Å²) in [4.78, 5) is 11.6. The molecule has 0 aliphatic carbocycles. The van der Waals surface area contributed by atoms with Gasteiger partial charge in [-0.2, -0.15) is 11.8 Å². The van der Waals surface area contributed by atoms with Gasteiger partial charge in [0.25, 0.3) is 0 Å². The maximum atomic E-state index is 11.6. The van der Waals surface area contributed by atoms with E-state index in [1.807, 2.05) is 11.8 Å². The van der Waals surface area contributed by atoms with Crippen molar-refractivity contribution in [3.05, 3.63) is 0 Å². The summed E-state index contributed by atoms with van der Waals surface area (Å²) in [7, 11) is 0. The summed E-state index contributed by atoms with van der Waals surface area (Å²) in [6.07, 6.45) is 8.11. The number of nitrogens with one attached hydrogen (secondary N) is 2. The van der Waals surface area contributed by atoms with Crippen LogP contribution in [0.1, 0.15) is 32.1 Å². The number of hydrogen-bond acceptors (Lipinski definition) is 3. The molecule has 0 spiro atoms. The zero-order valence-electron chi connectivity index (χ0n) is 10.3. The van der Waals surface area contributed by atoms with Gasteiger partial charge in [-0.3, -0.25) is 4.79 Å². The lowest BCUT2D eigenvalue weighted by Gasteiger charge is -2.09. The maximum Gasteiger partial charge on any atom is 0.224 e. The molecule has 16 heavy (non-hydrogen) atoms. The molecule has 1 saturated heterocycles. The smallest absolute Gasteiger partial charge is 0.224 e. The Labute approximate surface area is 103 Å². The van der Waals surface area contributed by atoms with Crippen LogP contribution in [-0.4, -0.2) is 37.6 Å². The Morgan fingerprint density at radius 2 is 2.19 bits per heavy atom. The van der Waals surface area contributed by atoms with E-state index in [4.69, 9.17) is 0 Å². The molecular weight excluding hydrogens is 220 g/mol. The van der Waals surface area contributed by atoms with Gasteiger partial charge in [-0.25, -0.2) is 0 Å². The van der Waals surface area contributed by atoms with E-state index < -0.39 is 0 Å². The van der Waals surface area contributed by atoms with Crippen LogP contribution >= 0.6 is 11.8 Å². The molecule has 3 nitrogen and oxygen atoms in total. The van der Waals surface area contributed by atoms with E-state index in [0.717, 1.165) is 32.5 Å². The van der Waals surface area contributed by atoms with E-state index in [1.54, 1.807) is 0 Å². The molecule has 94 valence electrons. The Bertz CT molecular complexity index is 193. The Balaban J connectivity index is 1.88. The molecule has 0 aromatic carbocycles. The fourth-order valence-electron chi connectivity index (χ4n) is 1.96. The van der Waals surface area contributed by atoms with Crippen LogP contribution in [0.25, 0.3) is 0 Å². The summed E-state index contributed by atoms with van der Waals surface area (Å²) in [5, 5.41) is 6.25. The summed E-state index contributed by atoms with van der Waals surface area (Å²) >= 11 is 1.91. The van der Waals surface area contributed by atoms with Gasteiger partial charge in [0.2, 0.25) is 5.91 Å². The van der Waals surface area contributed by atoms with Gasteiger partial charge in [-0.05, 0) is 37.8 Å². The van der Waals surface area contributed by atoms with Gasteiger partial charge in [-0.15, -0.1) is 0 Å². The first-order valence-electron chi connectivity index (χ1n) is 6.32. The van der Waals surface area contributed by atoms with Crippen LogP contribution in [0.4, 0.5) is 0 Å². The minimum absolute atomic E-state index is 0.219. The molecule has 1 unspecified atom stereocenters. The number of hydrogen-bond donors (Lipinski definition) is 2. The second kappa shape index (κ2) is 8.88. The van der Waals surface area contributed by atoms with Gasteiger partial charge < -0.3 is 10.6 Å². The van der Waals surface area contributed by atoms with Crippen LogP contribution in [0, 0.1) is 5.92 Å². The average molecular weight is 244 g/mol. The molecule has 1 aliphatic rings. The Kier molecular flexibility index (Phi) is 7.68. The van der Waals surface area contributed by atoms with Crippen molar-refractivity contribution in [2.24, 2.45) is 5.92 Å². The Morgan fingerprint density at radius 3 is 2.88 bits per heavy atom. The Hall–Kier alpha value is -0.220. The van der Waals surface area contributed by atoms with Crippen molar-refractivity contribution in [3.63, 3.8) is 0 Å². The molecule has 1 heterocycles. The zero-order valence-corrected chi connectivity index (χ0v) is 11.1. The van der Waals surface area contributed by atoms with Crippen molar-refractivity contribution in [3.8, 4) is 0 Å². The number of unbranched alkanes of at least 4 members (excludes halogenated alkanes) is 3. The molecule has 0 bridgehead atoms. The number of amides is 1. The fourth-order valence-corrected chi connectivity index (χ4v) is 2.45. The van der Waals surface area contributed by atoms with Crippen LogP contribution in [0.15, 0.2) is 0 Å². The largest absolute Gasteiger partial charge is 0.356 e. The minimum atomic E-state index is 0.219.